The zero-order chi connectivity index (χ0) is 12.3. The van der Waals surface area contributed by atoms with Gasteiger partial charge in [0.15, 0.2) is 0 Å². The summed E-state index contributed by atoms with van der Waals surface area (Å²) in [6, 6.07) is 0. The van der Waals surface area contributed by atoms with Crippen LogP contribution in [0.15, 0.2) is 37.0 Å². The first kappa shape index (κ1) is 14.3. The molecule has 0 aromatic heterocycles. The Labute approximate surface area is 108 Å². The molecule has 0 amide bonds. The molecule has 96 valence electrons. The molecule has 0 bridgehead atoms. The van der Waals surface area contributed by atoms with Crippen LogP contribution in [0.2, 0.25) is 0 Å². The summed E-state index contributed by atoms with van der Waals surface area (Å²) in [5.74, 6) is 0.811. The van der Waals surface area contributed by atoms with E-state index in [0.29, 0.717) is 0 Å². The predicted octanol–water partition coefficient (Wildman–Crippen LogP) is 5.82. The van der Waals surface area contributed by atoms with E-state index in [-0.39, 0.29) is 0 Å². The number of hydrogen-bond acceptors (Lipinski definition) is 0. The Morgan fingerprint density at radius 2 is 1.94 bits per heavy atom. The van der Waals surface area contributed by atoms with Crippen LogP contribution in [0.3, 0.4) is 0 Å². The van der Waals surface area contributed by atoms with Crippen molar-refractivity contribution in [3.8, 4) is 0 Å². The molecule has 0 heterocycles. The lowest BCUT2D eigenvalue weighted by atomic mass is 9.87. The van der Waals surface area contributed by atoms with E-state index in [2.05, 4.69) is 25.3 Å². The van der Waals surface area contributed by atoms with E-state index in [1.54, 1.807) is 5.57 Å². The van der Waals surface area contributed by atoms with E-state index < -0.39 is 0 Å². The van der Waals surface area contributed by atoms with Crippen LogP contribution in [0.1, 0.15) is 64.2 Å². The van der Waals surface area contributed by atoms with Gasteiger partial charge in [-0.05, 0) is 50.9 Å². The summed E-state index contributed by atoms with van der Waals surface area (Å²) in [7, 11) is 0. The third-order valence-electron chi connectivity index (χ3n) is 3.78. The van der Waals surface area contributed by atoms with E-state index in [0.717, 1.165) is 18.8 Å². The van der Waals surface area contributed by atoms with Gasteiger partial charge >= 0.3 is 0 Å². The maximum absolute atomic E-state index is 3.91. The molecule has 0 nitrogen and oxygen atoms in total. The molecule has 1 aliphatic rings. The van der Waals surface area contributed by atoms with Crippen molar-refractivity contribution < 1.29 is 0 Å². The highest BCUT2D eigenvalue weighted by Crippen LogP contribution is 2.29. The maximum Gasteiger partial charge on any atom is -0.0139 e. The van der Waals surface area contributed by atoms with E-state index in [4.69, 9.17) is 0 Å². The van der Waals surface area contributed by atoms with Crippen molar-refractivity contribution in [1.82, 2.24) is 0 Å². The second-order valence-corrected chi connectivity index (χ2v) is 5.18. The summed E-state index contributed by atoms with van der Waals surface area (Å²) in [6.07, 6.45) is 19.8. The molecule has 17 heavy (non-hydrogen) atoms. The Hall–Kier alpha value is -0.780. The van der Waals surface area contributed by atoms with Gasteiger partial charge in [-0.2, -0.15) is 0 Å². The first-order valence-electron chi connectivity index (χ1n) is 7.29. The molecule has 0 radical (unpaired) electrons. The van der Waals surface area contributed by atoms with Gasteiger partial charge in [0, 0.05) is 0 Å². The van der Waals surface area contributed by atoms with Crippen LogP contribution in [0.25, 0.3) is 0 Å². The molecule has 0 aliphatic heterocycles. The van der Waals surface area contributed by atoms with Crippen LogP contribution in [-0.2, 0) is 0 Å². The van der Waals surface area contributed by atoms with Gasteiger partial charge in [-0.1, -0.05) is 43.1 Å². The van der Waals surface area contributed by atoms with Gasteiger partial charge in [-0.3, -0.25) is 0 Å². The van der Waals surface area contributed by atoms with Crippen LogP contribution < -0.4 is 0 Å². The minimum atomic E-state index is 0.811. The lowest BCUT2D eigenvalue weighted by Crippen LogP contribution is -2.04. The summed E-state index contributed by atoms with van der Waals surface area (Å²) >= 11 is 0. The van der Waals surface area contributed by atoms with E-state index in [9.17, 15) is 0 Å². The summed E-state index contributed by atoms with van der Waals surface area (Å²) in [6.45, 7) is 7.72. The Kier molecular flexibility index (Phi) is 7.79. The highest BCUT2D eigenvalue weighted by molar-refractivity contribution is 5.11. The molecule has 1 aliphatic carbocycles. The molecule has 0 saturated carbocycles. The SMILES string of the molecule is C=CCCCC1CCCCCC/C=C\1CC=C. The molecular formula is C17H28. The van der Waals surface area contributed by atoms with Gasteiger partial charge < -0.3 is 0 Å². The van der Waals surface area contributed by atoms with Crippen molar-refractivity contribution in [1.29, 1.82) is 0 Å². The molecule has 1 atom stereocenters. The number of allylic oxidation sites excluding steroid dienone is 4. The van der Waals surface area contributed by atoms with Crippen molar-refractivity contribution in [2.24, 2.45) is 5.92 Å². The van der Waals surface area contributed by atoms with Crippen molar-refractivity contribution in [3.05, 3.63) is 37.0 Å². The third kappa shape index (κ3) is 5.91. The lowest BCUT2D eigenvalue weighted by molar-refractivity contribution is 0.468. The Morgan fingerprint density at radius 1 is 1.12 bits per heavy atom. The second-order valence-electron chi connectivity index (χ2n) is 5.18. The molecule has 0 heteroatoms. The summed E-state index contributed by atoms with van der Waals surface area (Å²) in [4.78, 5) is 0. The van der Waals surface area contributed by atoms with Gasteiger partial charge in [-0.15, -0.1) is 13.2 Å². The fourth-order valence-electron chi connectivity index (χ4n) is 2.78. The Balaban J connectivity index is 2.57. The summed E-state index contributed by atoms with van der Waals surface area (Å²) < 4.78 is 0. The van der Waals surface area contributed by atoms with Crippen LogP contribution in [-0.4, -0.2) is 0 Å². The van der Waals surface area contributed by atoms with Crippen molar-refractivity contribution in [2.45, 2.75) is 64.2 Å². The largest absolute Gasteiger partial charge is 0.103 e. The first-order chi connectivity index (χ1) is 8.38. The smallest absolute Gasteiger partial charge is 0.0139 e. The Bertz CT molecular complexity index is 247. The van der Waals surface area contributed by atoms with E-state index >= 15 is 0 Å². The molecule has 0 N–H and O–H groups in total. The number of unbranched alkanes of at least 4 members (excludes halogenated alkanes) is 1. The highest BCUT2D eigenvalue weighted by Gasteiger charge is 2.13. The summed E-state index contributed by atoms with van der Waals surface area (Å²) in [5, 5.41) is 0. The average Bonchev–Trinajstić information content (AvgIpc) is 2.44. The molecule has 0 aromatic rings. The average molecular weight is 232 g/mol. The van der Waals surface area contributed by atoms with Crippen molar-refractivity contribution in [2.75, 3.05) is 0 Å². The maximum atomic E-state index is 3.91. The standard InChI is InChI=1S/C17H28/c1-3-5-9-13-17-15-11-8-6-7-10-14-16(17)12-4-2/h3-4,14,17H,1-2,5-13,15H2/b16-14-. The predicted molar refractivity (Wildman–Crippen MR) is 78.1 cm³/mol. The second kappa shape index (κ2) is 9.27. The molecule has 1 rings (SSSR count). The highest BCUT2D eigenvalue weighted by atomic mass is 14.2. The topological polar surface area (TPSA) is 0 Å². The number of hydrogen-bond donors (Lipinski definition) is 0. The molecule has 0 spiro atoms. The van der Waals surface area contributed by atoms with Crippen molar-refractivity contribution in [3.63, 3.8) is 0 Å². The van der Waals surface area contributed by atoms with Crippen LogP contribution >= 0.6 is 0 Å². The number of rotatable bonds is 6. The monoisotopic (exact) mass is 232 g/mol. The lowest BCUT2D eigenvalue weighted by Gasteiger charge is -2.19. The molecular weight excluding hydrogens is 204 g/mol. The van der Waals surface area contributed by atoms with Gasteiger partial charge in [0.05, 0.1) is 0 Å². The molecule has 0 aromatic carbocycles. The first-order valence-corrected chi connectivity index (χ1v) is 7.29. The zero-order valence-corrected chi connectivity index (χ0v) is 11.3. The fourth-order valence-corrected chi connectivity index (χ4v) is 2.78. The van der Waals surface area contributed by atoms with Gasteiger partial charge in [0.2, 0.25) is 0 Å². The van der Waals surface area contributed by atoms with Crippen LogP contribution in [0, 0.1) is 5.92 Å². The minimum Gasteiger partial charge on any atom is -0.103 e. The van der Waals surface area contributed by atoms with Gasteiger partial charge in [-0.25, -0.2) is 0 Å². The molecule has 1 unspecified atom stereocenters. The van der Waals surface area contributed by atoms with Crippen LogP contribution in [0.4, 0.5) is 0 Å². The van der Waals surface area contributed by atoms with Crippen LogP contribution in [0.5, 0.6) is 0 Å². The van der Waals surface area contributed by atoms with E-state index in [1.807, 2.05) is 6.08 Å². The van der Waals surface area contributed by atoms with Gasteiger partial charge in [0.1, 0.15) is 0 Å². The normalized spacial score (nSPS) is 24.9. The quantitative estimate of drug-likeness (QED) is 0.400. The zero-order valence-electron chi connectivity index (χ0n) is 11.3. The Morgan fingerprint density at radius 3 is 2.71 bits per heavy atom. The van der Waals surface area contributed by atoms with Crippen molar-refractivity contribution >= 4 is 0 Å². The fraction of sp³-hybridized carbons (Fsp3) is 0.647. The summed E-state index contributed by atoms with van der Waals surface area (Å²) in [5.41, 5.74) is 1.66. The minimum absolute atomic E-state index is 0.811. The molecule has 0 saturated heterocycles. The van der Waals surface area contributed by atoms with Gasteiger partial charge in [0.25, 0.3) is 0 Å². The molecule has 0 fully saturated rings. The third-order valence-corrected chi connectivity index (χ3v) is 3.78. The van der Waals surface area contributed by atoms with E-state index in [1.165, 1.54) is 51.4 Å².